The molecule has 2 aromatic carbocycles. The van der Waals surface area contributed by atoms with Gasteiger partial charge in [-0.3, -0.25) is 0 Å². The molecule has 3 aromatic heterocycles. The number of amides is 2. The van der Waals surface area contributed by atoms with Gasteiger partial charge in [-0.05, 0) is 54.1 Å². The van der Waals surface area contributed by atoms with E-state index in [4.69, 9.17) is 4.74 Å². The number of nitrogens with zero attached hydrogens (tertiary/aromatic N) is 2. The van der Waals surface area contributed by atoms with E-state index in [1.54, 1.807) is 25.4 Å². The number of aromatic amines is 1. The largest absolute Gasteiger partial charge is 0.495 e. The van der Waals surface area contributed by atoms with Crippen molar-refractivity contribution in [2.24, 2.45) is 0 Å². The topological polar surface area (TPSA) is 84.0 Å². The van der Waals surface area contributed by atoms with Crippen LogP contribution in [0.1, 0.15) is 5.56 Å². The maximum atomic E-state index is 12.7. The van der Waals surface area contributed by atoms with E-state index in [1.165, 1.54) is 0 Å². The number of fused-ring (bicyclic) bond motifs is 2. The molecule has 0 fully saturated rings. The van der Waals surface area contributed by atoms with Gasteiger partial charge in [0.1, 0.15) is 11.4 Å². The zero-order valence-electron chi connectivity index (χ0n) is 17.2. The van der Waals surface area contributed by atoms with Gasteiger partial charge in [0.15, 0.2) is 0 Å². The van der Waals surface area contributed by atoms with Crippen molar-refractivity contribution in [2.45, 2.75) is 6.54 Å². The lowest BCUT2D eigenvalue weighted by atomic mass is 10.2. The highest BCUT2D eigenvalue weighted by atomic mass is 79.9. The van der Waals surface area contributed by atoms with Crippen LogP contribution in [0.2, 0.25) is 0 Å². The molecule has 7 nitrogen and oxygen atoms in total. The van der Waals surface area contributed by atoms with Gasteiger partial charge in [-0.25, -0.2) is 9.78 Å². The molecule has 0 saturated heterocycles. The number of hydrogen-bond donors (Lipinski definition) is 3. The minimum atomic E-state index is -0.343. The number of carbonyl (C=O) groups is 1. The molecule has 0 atom stereocenters. The second kappa shape index (κ2) is 8.39. The van der Waals surface area contributed by atoms with E-state index >= 15 is 0 Å². The van der Waals surface area contributed by atoms with Gasteiger partial charge in [0, 0.05) is 40.4 Å². The van der Waals surface area contributed by atoms with Crippen molar-refractivity contribution < 1.29 is 9.53 Å². The molecule has 0 aliphatic heterocycles. The molecule has 3 N–H and O–H groups in total. The fraction of sp³-hybridized carbons (Fsp3) is 0.0833. The molecule has 0 radical (unpaired) electrons. The number of anilines is 2. The van der Waals surface area contributed by atoms with Crippen LogP contribution in [0.25, 0.3) is 21.9 Å². The quantitative estimate of drug-likeness (QED) is 0.283. The number of aromatic nitrogens is 3. The lowest BCUT2D eigenvalue weighted by Crippen LogP contribution is -2.20. The van der Waals surface area contributed by atoms with Crippen LogP contribution in [0.5, 0.6) is 5.75 Å². The SMILES string of the molecule is COc1ccc(Br)cc1NC(=O)Nc1cccc2c1ccn2Cc1c[nH]c2ncccc12. The van der Waals surface area contributed by atoms with E-state index in [0.717, 1.165) is 37.7 Å². The van der Waals surface area contributed by atoms with Crippen molar-refractivity contribution in [3.63, 3.8) is 0 Å². The van der Waals surface area contributed by atoms with E-state index in [0.29, 0.717) is 18.0 Å². The first-order chi connectivity index (χ1) is 15.6. The van der Waals surface area contributed by atoms with Crippen LogP contribution < -0.4 is 15.4 Å². The molecule has 0 bridgehead atoms. The molecule has 5 aromatic rings. The van der Waals surface area contributed by atoms with Crippen molar-refractivity contribution >= 4 is 55.3 Å². The second-order valence-electron chi connectivity index (χ2n) is 7.32. The molecule has 0 unspecified atom stereocenters. The molecular weight excluding hydrogens is 470 g/mol. The van der Waals surface area contributed by atoms with Crippen LogP contribution in [0.3, 0.4) is 0 Å². The zero-order valence-corrected chi connectivity index (χ0v) is 18.8. The molecule has 0 spiro atoms. The molecule has 32 heavy (non-hydrogen) atoms. The molecule has 8 heteroatoms. The van der Waals surface area contributed by atoms with E-state index < -0.39 is 0 Å². The van der Waals surface area contributed by atoms with Gasteiger partial charge in [0.2, 0.25) is 0 Å². The average Bonchev–Trinajstić information content (AvgIpc) is 3.39. The first-order valence-corrected chi connectivity index (χ1v) is 10.8. The highest BCUT2D eigenvalue weighted by Crippen LogP contribution is 2.29. The first kappa shape index (κ1) is 20.1. The highest BCUT2D eigenvalue weighted by molar-refractivity contribution is 9.10. The van der Waals surface area contributed by atoms with Crippen molar-refractivity contribution in [1.82, 2.24) is 14.5 Å². The van der Waals surface area contributed by atoms with Crippen LogP contribution in [0.4, 0.5) is 16.2 Å². The Morgan fingerprint density at radius 2 is 1.97 bits per heavy atom. The molecule has 5 rings (SSSR count). The van der Waals surface area contributed by atoms with Gasteiger partial charge in [0.25, 0.3) is 0 Å². The molecule has 0 aliphatic rings. The minimum Gasteiger partial charge on any atom is -0.495 e. The monoisotopic (exact) mass is 489 g/mol. The van der Waals surface area contributed by atoms with E-state index in [9.17, 15) is 4.79 Å². The Morgan fingerprint density at radius 3 is 2.84 bits per heavy atom. The molecular formula is C24H20BrN5O2. The summed E-state index contributed by atoms with van der Waals surface area (Å²) in [5.74, 6) is 0.584. The number of benzene rings is 2. The molecule has 0 saturated carbocycles. The van der Waals surface area contributed by atoms with Crippen LogP contribution in [0.15, 0.2) is 77.7 Å². The fourth-order valence-electron chi connectivity index (χ4n) is 3.85. The number of methoxy groups -OCH3 is 1. The Morgan fingerprint density at radius 1 is 1.09 bits per heavy atom. The number of urea groups is 1. The third-order valence-corrected chi connectivity index (χ3v) is 5.84. The first-order valence-electron chi connectivity index (χ1n) is 10.0. The predicted octanol–water partition coefficient (Wildman–Crippen LogP) is 5.98. The van der Waals surface area contributed by atoms with Gasteiger partial charge < -0.3 is 24.9 Å². The van der Waals surface area contributed by atoms with Crippen molar-refractivity contribution in [3.8, 4) is 5.75 Å². The zero-order chi connectivity index (χ0) is 22.1. The normalized spacial score (nSPS) is 11.1. The third-order valence-electron chi connectivity index (χ3n) is 5.35. The summed E-state index contributed by atoms with van der Waals surface area (Å²) in [6, 6.07) is 17.0. The minimum absolute atomic E-state index is 0.343. The van der Waals surface area contributed by atoms with E-state index in [-0.39, 0.29) is 6.03 Å². The Bertz CT molecular complexity index is 1440. The summed E-state index contributed by atoms with van der Waals surface area (Å²) in [7, 11) is 1.57. The Hall–Kier alpha value is -3.78. The number of hydrogen-bond acceptors (Lipinski definition) is 3. The summed E-state index contributed by atoms with van der Waals surface area (Å²) in [5.41, 5.74) is 4.37. The van der Waals surface area contributed by atoms with Crippen molar-refractivity contribution in [3.05, 3.63) is 83.2 Å². The lowest BCUT2D eigenvalue weighted by Gasteiger charge is -2.12. The van der Waals surface area contributed by atoms with Gasteiger partial charge in [-0.2, -0.15) is 0 Å². The fourth-order valence-corrected chi connectivity index (χ4v) is 4.21. The maximum Gasteiger partial charge on any atom is 0.323 e. The third kappa shape index (κ3) is 3.80. The van der Waals surface area contributed by atoms with Crippen molar-refractivity contribution in [1.29, 1.82) is 0 Å². The van der Waals surface area contributed by atoms with Crippen molar-refractivity contribution in [2.75, 3.05) is 17.7 Å². The highest BCUT2D eigenvalue weighted by Gasteiger charge is 2.12. The molecule has 0 aliphatic carbocycles. The van der Waals surface area contributed by atoms with Gasteiger partial charge >= 0.3 is 6.03 Å². The number of pyridine rings is 1. The second-order valence-corrected chi connectivity index (χ2v) is 8.23. The standard InChI is InChI=1S/C24H20BrN5O2/c1-32-22-8-7-16(25)12-20(22)29-24(31)28-19-5-2-6-21-18(19)9-11-30(21)14-15-13-27-23-17(15)4-3-10-26-23/h2-13H,14H2,1H3,(H,26,27)(H2,28,29,31). The Balaban J connectivity index is 1.40. The Labute approximate surface area is 192 Å². The molecule has 160 valence electrons. The van der Waals surface area contributed by atoms with E-state index in [1.807, 2.05) is 48.8 Å². The van der Waals surface area contributed by atoms with Crippen LogP contribution in [-0.2, 0) is 6.54 Å². The van der Waals surface area contributed by atoms with Crippen LogP contribution in [0, 0.1) is 0 Å². The van der Waals surface area contributed by atoms with Gasteiger partial charge in [-0.15, -0.1) is 0 Å². The summed E-state index contributed by atoms with van der Waals surface area (Å²) in [6.07, 6.45) is 5.80. The van der Waals surface area contributed by atoms with Gasteiger partial charge in [-0.1, -0.05) is 22.0 Å². The number of carbonyl (C=O) groups excluding carboxylic acids is 1. The number of nitrogens with one attached hydrogen (secondary N) is 3. The lowest BCUT2D eigenvalue weighted by molar-refractivity contribution is 0.262. The number of rotatable bonds is 5. The summed E-state index contributed by atoms with van der Waals surface area (Å²) < 4.78 is 8.34. The Kier molecular flexibility index (Phi) is 5.28. The van der Waals surface area contributed by atoms with Crippen LogP contribution >= 0.6 is 15.9 Å². The number of halogens is 1. The molecule has 3 heterocycles. The number of ether oxygens (including phenoxy) is 1. The number of H-pyrrole nitrogens is 1. The summed E-state index contributed by atoms with van der Waals surface area (Å²) in [5, 5.41) is 7.87. The smallest absolute Gasteiger partial charge is 0.323 e. The average molecular weight is 490 g/mol. The summed E-state index contributed by atoms with van der Waals surface area (Å²) >= 11 is 3.42. The summed E-state index contributed by atoms with van der Waals surface area (Å²) in [6.45, 7) is 0.695. The maximum absolute atomic E-state index is 12.7. The summed E-state index contributed by atoms with van der Waals surface area (Å²) in [4.78, 5) is 20.3. The van der Waals surface area contributed by atoms with E-state index in [2.05, 4.69) is 47.2 Å². The van der Waals surface area contributed by atoms with Gasteiger partial charge in [0.05, 0.1) is 24.0 Å². The predicted molar refractivity (Wildman–Crippen MR) is 130 cm³/mol. The van der Waals surface area contributed by atoms with Crippen LogP contribution in [-0.4, -0.2) is 27.7 Å². The molecule has 2 amide bonds.